The summed E-state index contributed by atoms with van der Waals surface area (Å²) in [7, 11) is 2.04. The lowest BCUT2D eigenvalue weighted by Gasteiger charge is -2.45. The van der Waals surface area contributed by atoms with Crippen LogP contribution >= 0.6 is 0 Å². The van der Waals surface area contributed by atoms with Crippen molar-refractivity contribution in [1.29, 1.82) is 0 Å². The number of anilines is 1. The van der Waals surface area contributed by atoms with Crippen LogP contribution < -0.4 is 19.1 Å². The molecule has 8 rings (SSSR count). The highest BCUT2D eigenvalue weighted by Gasteiger charge is 2.58. The summed E-state index contributed by atoms with van der Waals surface area (Å²) in [5, 5.41) is 11.4. The minimum absolute atomic E-state index is 0.0505. The van der Waals surface area contributed by atoms with Crippen LogP contribution in [0.1, 0.15) is 184 Å². The third-order valence-electron chi connectivity index (χ3n) is 16.0. The molecule has 0 saturated carbocycles. The molecule has 0 aromatic heterocycles. The van der Waals surface area contributed by atoms with Gasteiger partial charge in [-0.2, -0.15) is 0 Å². The summed E-state index contributed by atoms with van der Waals surface area (Å²) in [6.45, 7) is 26.3. The largest absolute Gasteiger partial charge is 0.494 e. The molecule has 0 saturated heterocycles. The molecular weight excluding hydrogens is 913 g/mol. The summed E-state index contributed by atoms with van der Waals surface area (Å²) in [5.41, 5.74) is 10.4. The van der Waals surface area contributed by atoms with Gasteiger partial charge < -0.3 is 19.1 Å². The Morgan fingerprint density at radius 3 is 1.34 bits per heavy atom. The molecule has 7 nitrogen and oxygen atoms in total. The summed E-state index contributed by atoms with van der Waals surface area (Å²) in [6, 6.07) is 48.1. The van der Waals surface area contributed by atoms with Crippen LogP contribution in [0, 0.1) is 10.1 Å². The summed E-state index contributed by atoms with van der Waals surface area (Å²) in [4.78, 5) is 13.2. The lowest BCUT2D eigenvalue weighted by Crippen LogP contribution is -2.58. The molecule has 7 heteroatoms. The van der Waals surface area contributed by atoms with Gasteiger partial charge in [-0.25, -0.2) is 0 Å². The van der Waals surface area contributed by atoms with Gasteiger partial charge in [-0.1, -0.05) is 192 Å². The van der Waals surface area contributed by atoms with Crippen molar-refractivity contribution in [3.8, 4) is 17.2 Å². The molecule has 0 amide bonds. The number of hydrogen-bond acceptors (Lipinski definition) is 6. The van der Waals surface area contributed by atoms with E-state index in [1.54, 1.807) is 12.1 Å². The van der Waals surface area contributed by atoms with Gasteiger partial charge in [-0.3, -0.25) is 10.1 Å². The smallest absolute Gasteiger partial charge is 0.270 e. The van der Waals surface area contributed by atoms with E-state index in [2.05, 4.69) is 196 Å². The van der Waals surface area contributed by atoms with Gasteiger partial charge in [0.25, 0.3) is 5.69 Å². The second-order valence-corrected chi connectivity index (χ2v) is 24.6. The van der Waals surface area contributed by atoms with Crippen molar-refractivity contribution in [3.05, 3.63) is 200 Å². The fourth-order valence-corrected chi connectivity index (χ4v) is 11.3. The number of likely N-dealkylation sites (N-methyl/N-ethyl adjacent to an activating group) is 1. The van der Waals surface area contributed by atoms with E-state index in [4.69, 9.17) is 14.2 Å². The number of nitro benzene ring substituents is 1. The highest BCUT2D eigenvalue weighted by Crippen LogP contribution is 2.55. The fourth-order valence-electron chi connectivity index (χ4n) is 11.3. The number of unbranched alkanes of at least 4 members (excludes halogenated alkanes) is 8. The van der Waals surface area contributed by atoms with Crippen LogP contribution in [0.5, 0.6) is 17.2 Å². The lowest BCUT2D eigenvalue weighted by molar-refractivity contribution is -0.384. The Morgan fingerprint density at radius 1 is 0.514 bits per heavy atom. The minimum atomic E-state index is -0.768. The van der Waals surface area contributed by atoms with Crippen molar-refractivity contribution in [2.24, 2.45) is 0 Å². The Labute approximate surface area is 443 Å². The Bertz CT molecular complexity index is 2750. The summed E-state index contributed by atoms with van der Waals surface area (Å²) < 4.78 is 19.4. The average Bonchev–Trinajstić information content (AvgIpc) is 3.52. The van der Waals surface area contributed by atoms with E-state index in [0.29, 0.717) is 24.5 Å². The van der Waals surface area contributed by atoms with Crippen molar-refractivity contribution in [1.82, 2.24) is 0 Å². The average molecular weight is 995 g/mol. The van der Waals surface area contributed by atoms with Crippen LogP contribution in [-0.2, 0) is 27.1 Å². The van der Waals surface area contributed by atoms with Crippen LogP contribution in [0.3, 0.4) is 0 Å². The number of nitro groups is 1. The second kappa shape index (κ2) is 21.5. The molecule has 6 aromatic carbocycles. The first kappa shape index (κ1) is 53.9. The van der Waals surface area contributed by atoms with Crippen molar-refractivity contribution >= 4 is 17.5 Å². The van der Waals surface area contributed by atoms with E-state index in [0.717, 1.165) is 42.0 Å². The molecule has 1 unspecified atom stereocenters. The minimum Gasteiger partial charge on any atom is -0.494 e. The van der Waals surface area contributed by atoms with E-state index in [-0.39, 0.29) is 26.9 Å². The fraction of sp³-hybridized carbons (Fsp3) is 0.433. The number of rotatable bonds is 19. The normalized spacial score (nSPS) is 16.2. The lowest BCUT2D eigenvalue weighted by atomic mass is 9.64. The van der Waals surface area contributed by atoms with Crippen LogP contribution in [0.2, 0.25) is 0 Å². The molecule has 1 spiro atoms. The summed E-state index contributed by atoms with van der Waals surface area (Å²) >= 11 is 0. The first-order chi connectivity index (χ1) is 35.1. The van der Waals surface area contributed by atoms with Gasteiger partial charge in [0, 0.05) is 30.4 Å². The van der Waals surface area contributed by atoms with E-state index in [1.807, 2.05) is 19.2 Å². The van der Waals surface area contributed by atoms with Gasteiger partial charge in [0.1, 0.15) is 17.2 Å². The van der Waals surface area contributed by atoms with Gasteiger partial charge in [0.05, 0.1) is 29.0 Å². The number of nitrogens with zero attached hydrogens (tertiary/aromatic N) is 2. The van der Waals surface area contributed by atoms with Gasteiger partial charge in [0.2, 0.25) is 5.72 Å². The van der Waals surface area contributed by atoms with Crippen LogP contribution in [-0.4, -0.2) is 30.9 Å². The van der Waals surface area contributed by atoms with Gasteiger partial charge in [-0.15, -0.1) is 0 Å². The van der Waals surface area contributed by atoms with Crippen LogP contribution in [0.15, 0.2) is 140 Å². The zero-order valence-corrected chi connectivity index (χ0v) is 46.6. The molecular formula is C67H82N2O5. The van der Waals surface area contributed by atoms with Gasteiger partial charge in [-0.05, 0) is 136 Å². The van der Waals surface area contributed by atoms with E-state index >= 15 is 0 Å². The third kappa shape index (κ3) is 11.0. The van der Waals surface area contributed by atoms with Crippen LogP contribution in [0.4, 0.5) is 11.4 Å². The van der Waals surface area contributed by atoms with Crippen LogP contribution in [0.25, 0.3) is 6.08 Å². The molecule has 1 atom stereocenters. The zero-order valence-electron chi connectivity index (χ0n) is 46.6. The summed E-state index contributed by atoms with van der Waals surface area (Å²) in [6.07, 6.45) is 14.6. The van der Waals surface area contributed by atoms with Crippen molar-refractivity contribution in [3.63, 3.8) is 0 Å². The molecule has 0 radical (unpaired) electrons. The molecule has 6 aromatic rings. The zero-order chi connectivity index (χ0) is 53.1. The standard InChI is InChI=1S/C67H82N2O5/c1-62(2,3)49-22-28-52(29-23-49)67(53-30-24-50(25-31-53)63(4,5)6,54-32-26-51(27-33-54)64(7,8)9)55-34-37-57(38-35-55)72-44-20-18-16-14-13-15-17-19-21-45-73-58-39-40-60-59(47-58)65(10,11)66(68(60)12)43-42-48-46-56(69(70)71)36-41-61(48)74-66/h22-43,46-47H,13-21,44-45H2,1-12H3. The molecule has 2 heterocycles. The molecule has 0 N–H and O–H groups in total. The Morgan fingerprint density at radius 2 is 0.905 bits per heavy atom. The third-order valence-corrected chi connectivity index (χ3v) is 16.0. The molecule has 2 aliphatic rings. The Kier molecular flexibility index (Phi) is 15.7. The Hall–Kier alpha value is -6.34. The number of hydrogen-bond donors (Lipinski definition) is 0. The number of benzene rings is 6. The van der Waals surface area contributed by atoms with Gasteiger partial charge >= 0.3 is 0 Å². The predicted molar refractivity (Wildman–Crippen MR) is 307 cm³/mol. The number of fused-ring (bicyclic) bond motifs is 2. The molecule has 0 fully saturated rings. The Balaban J connectivity index is 0.807. The maximum absolute atomic E-state index is 11.4. The predicted octanol–water partition coefficient (Wildman–Crippen LogP) is 17.4. The first-order valence-electron chi connectivity index (χ1n) is 27.3. The molecule has 0 bridgehead atoms. The van der Waals surface area contributed by atoms with Crippen molar-refractivity contribution in [2.75, 3.05) is 25.2 Å². The first-order valence-corrected chi connectivity index (χ1v) is 27.3. The number of ether oxygens (including phenoxy) is 3. The molecule has 74 heavy (non-hydrogen) atoms. The maximum atomic E-state index is 11.4. The number of non-ortho nitro benzene ring substituents is 1. The van der Waals surface area contributed by atoms with Crippen molar-refractivity contribution in [2.45, 2.75) is 167 Å². The second-order valence-electron chi connectivity index (χ2n) is 24.6. The quantitative estimate of drug-likeness (QED) is 0.0348. The molecule has 2 aliphatic heterocycles. The molecule has 0 aliphatic carbocycles. The van der Waals surface area contributed by atoms with Gasteiger partial charge in [0.15, 0.2) is 0 Å². The van der Waals surface area contributed by atoms with E-state index < -0.39 is 16.6 Å². The maximum Gasteiger partial charge on any atom is 0.270 e. The van der Waals surface area contributed by atoms with Crippen molar-refractivity contribution < 1.29 is 19.1 Å². The highest BCUT2D eigenvalue weighted by molar-refractivity contribution is 5.73. The SMILES string of the molecule is CN1c2ccc(OCCCCCCCCCCCOc3ccc(C(c4ccc(C(C)(C)C)cc4)(c4ccc(C(C)(C)C)cc4)c4ccc(C(C)(C)C)cc4)cc3)cc2C(C)(C)C12C=Cc1cc([N+](=O)[O-])ccc1O2. The topological polar surface area (TPSA) is 74.1 Å². The highest BCUT2D eigenvalue weighted by atomic mass is 16.6. The van der Waals surface area contributed by atoms with E-state index in [1.165, 1.54) is 83.5 Å². The van der Waals surface area contributed by atoms with E-state index in [9.17, 15) is 10.1 Å². The monoisotopic (exact) mass is 995 g/mol. The molecule has 390 valence electrons. The summed E-state index contributed by atoms with van der Waals surface area (Å²) in [5.74, 6) is 2.42.